The summed E-state index contributed by atoms with van der Waals surface area (Å²) >= 11 is 1.89. The van der Waals surface area contributed by atoms with E-state index in [0.717, 1.165) is 19.8 Å². The maximum Gasteiger partial charge on any atom is 0.0728 e. The number of likely N-dealkylation sites (tertiary alicyclic amines) is 1. The lowest BCUT2D eigenvalue weighted by Gasteiger charge is -2.32. The van der Waals surface area contributed by atoms with Crippen molar-refractivity contribution in [1.82, 2.24) is 10.2 Å². The molecule has 0 bridgehead atoms. The zero-order valence-electron chi connectivity index (χ0n) is 13.9. The molecule has 120 valence electrons. The third-order valence-electron chi connectivity index (χ3n) is 4.25. The molecule has 0 spiro atoms. The van der Waals surface area contributed by atoms with Gasteiger partial charge < -0.3 is 15.0 Å². The van der Waals surface area contributed by atoms with Crippen molar-refractivity contribution >= 4 is 11.3 Å². The van der Waals surface area contributed by atoms with Crippen LogP contribution in [0.1, 0.15) is 48.4 Å². The van der Waals surface area contributed by atoms with Crippen molar-refractivity contribution in [2.24, 2.45) is 0 Å². The molecule has 0 aromatic carbocycles. The lowest BCUT2D eigenvalue weighted by Crippen LogP contribution is -2.39. The van der Waals surface area contributed by atoms with E-state index in [1.165, 1.54) is 41.1 Å². The van der Waals surface area contributed by atoms with Crippen LogP contribution in [0.2, 0.25) is 0 Å². The standard InChI is InChI=1S/C17H30N2OS/c1-13(2)18-10-17-9-15(14(3)21-17)11-20-12-16-7-5-6-8-19(16)4/h9,13,16,18H,5-8,10-12H2,1-4H3. The number of hydrogen-bond acceptors (Lipinski definition) is 4. The first-order valence-corrected chi connectivity index (χ1v) is 8.97. The van der Waals surface area contributed by atoms with Crippen molar-refractivity contribution in [1.29, 1.82) is 0 Å². The first-order chi connectivity index (χ1) is 10.1. The minimum Gasteiger partial charge on any atom is -0.375 e. The minimum absolute atomic E-state index is 0.536. The van der Waals surface area contributed by atoms with E-state index in [1.54, 1.807) is 0 Å². The van der Waals surface area contributed by atoms with Gasteiger partial charge in [0.2, 0.25) is 0 Å². The molecular formula is C17H30N2OS. The fraction of sp³-hybridized carbons (Fsp3) is 0.765. The van der Waals surface area contributed by atoms with E-state index in [0.29, 0.717) is 12.1 Å². The normalized spacial score (nSPS) is 20.3. The molecule has 1 atom stereocenters. The highest BCUT2D eigenvalue weighted by Gasteiger charge is 2.18. The van der Waals surface area contributed by atoms with Gasteiger partial charge in [-0.2, -0.15) is 0 Å². The Morgan fingerprint density at radius 3 is 2.95 bits per heavy atom. The van der Waals surface area contributed by atoms with Gasteiger partial charge in [0, 0.05) is 28.4 Å². The summed E-state index contributed by atoms with van der Waals surface area (Å²) in [5.74, 6) is 0. The van der Waals surface area contributed by atoms with Crippen molar-refractivity contribution < 1.29 is 4.74 Å². The first kappa shape index (κ1) is 16.9. The molecular weight excluding hydrogens is 280 g/mol. The Morgan fingerprint density at radius 2 is 2.24 bits per heavy atom. The van der Waals surface area contributed by atoms with Crippen LogP contribution < -0.4 is 5.32 Å². The Morgan fingerprint density at radius 1 is 1.43 bits per heavy atom. The van der Waals surface area contributed by atoms with Crippen LogP contribution in [-0.2, 0) is 17.9 Å². The van der Waals surface area contributed by atoms with Gasteiger partial charge in [-0.1, -0.05) is 20.3 Å². The summed E-state index contributed by atoms with van der Waals surface area (Å²) in [6, 6.07) is 3.45. The minimum atomic E-state index is 0.536. The second kappa shape index (κ2) is 8.28. The molecule has 0 radical (unpaired) electrons. The van der Waals surface area contributed by atoms with Gasteiger partial charge in [0.1, 0.15) is 0 Å². The molecule has 21 heavy (non-hydrogen) atoms. The third kappa shape index (κ3) is 5.37. The van der Waals surface area contributed by atoms with E-state index < -0.39 is 0 Å². The first-order valence-electron chi connectivity index (χ1n) is 8.16. The van der Waals surface area contributed by atoms with E-state index in [4.69, 9.17) is 4.74 Å². The highest BCUT2D eigenvalue weighted by Crippen LogP contribution is 2.23. The lowest BCUT2D eigenvalue weighted by molar-refractivity contribution is 0.0443. The number of nitrogens with one attached hydrogen (secondary N) is 1. The fourth-order valence-corrected chi connectivity index (χ4v) is 3.78. The SMILES string of the molecule is Cc1sc(CNC(C)C)cc1COCC1CCCCN1C. The summed E-state index contributed by atoms with van der Waals surface area (Å²) in [7, 11) is 2.22. The Balaban J connectivity index is 1.77. The van der Waals surface area contributed by atoms with Crippen LogP contribution in [0.4, 0.5) is 0 Å². The number of hydrogen-bond donors (Lipinski definition) is 1. The number of piperidine rings is 1. The van der Waals surface area contributed by atoms with Crippen LogP contribution in [-0.4, -0.2) is 37.2 Å². The molecule has 1 aromatic heterocycles. The average Bonchev–Trinajstić information content (AvgIpc) is 2.79. The van der Waals surface area contributed by atoms with Gasteiger partial charge in [-0.25, -0.2) is 0 Å². The summed E-state index contributed by atoms with van der Waals surface area (Å²) in [5.41, 5.74) is 1.36. The Bertz CT molecular complexity index is 430. The van der Waals surface area contributed by atoms with Gasteiger partial charge >= 0.3 is 0 Å². The smallest absolute Gasteiger partial charge is 0.0728 e. The van der Waals surface area contributed by atoms with Crippen molar-refractivity contribution in [3.63, 3.8) is 0 Å². The monoisotopic (exact) mass is 310 g/mol. The molecule has 0 aliphatic carbocycles. The molecule has 2 rings (SSSR count). The number of nitrogens with zero attached hydrogens (tertiary/aromatic N) is 1. The predicted molar refractivity (Wildman–Crippen MR) is 91.0 cm³/mol. The highest BCUT2D eigenvalue weighted by molar-refractivity contribution is 7.12. The number of aryl methyl sites for hydroxylation is 1. The molecule has 1 saturated heterocycles. The zero-order valence-corrected chi connectivity index (χ0v) is 14.8. The topological polar surface area (TPSA) is 24.5 Å². The van der Waals surface area contributed by atoms with Gasteiger partial charge in [0.05, 0.1) is 13.2 Å². The lowest BCUT2D eigenvalue weighted by atomic mass is 10.0. The van der Waals surface area contributed by atoms with Crippen LogP contribution in [0.15, 0.2) is 6.07 Å². The van der Waals surface area contributed by atoms with Crippen LogP contribution in [0.25, 0.3) is 0 Å². The van der Waals surface area contributed by atoms with Crippen LogP contribution in [0, 0.1) is 6.92 Å². The van der Waals surface area contributed by atoms with Gasteiger partial charge in [0.15, 0.2) is 0 Å². The van der Waals surface area contributed by atoms with Gasteiger partial charge in [-0.05, 0) is 45.0 Å². The Labute approximate surface area is 133 Å². The second-order valence-corrected chi connectivity index (χ2v) is 7.82. The molecule has 1 N–H and O–H groups in total. The van der Waals surface area contributed by atoms with Gasteiger partial charge in [-0.15, -0.1) is 11.3 Å². The number of ether oxygens (including phenoxy) is 1. The molecule has 0 saturated carbocycles. The zero-order chi connectivity index (χ0) is 15.2. The number of thiophene rings is 1. The van der Waals surface area contributed by atoms with E-state index in [-0.39, 0.29) is 0 Å². The molecule has 1 aliphatic rings. The van der Waals surface area contributed by atoms with E-state index in [9.17, 15) is 0 Å². The van der Waals surface area contributed by atoms with Gasteiger partial charge in [-0.3, -0.25) is 0 Å². The van der Waals surface area contributed by atoms with Crippen molar-refractivity contribution in [2.75, 3.05) is 20.2 Å². The molecule has 1 unspecified atom stereocenters. The third-order valence-corrected chi connectivity index (χ3v) is 5.34. The van der Waals surface area contributed by atoms with Gasteiger partial charge in [0.25, 0.3) is 0 Å². The highest BCUT2D eigenvalue weighted by atomic mass is 32.1. The van der Waals surface area contributed by atoms with E-state index >= 15 is 0 Å². The maximum atomic E-state index is 5.99. The summed E-state index contributed by atoms with van der Waals surface area (Å²) in [4.78, 5) is 5.25. The second-order valence-electron chi connectivity index (χ2n) is 6.48. The Kier molecular flexibility index (Phi) is 6.68. The molecule has 0 amide bonds. The molecule has 4 heteroatoms. The summed E-state index contributed by atoms with van der Waals surface area (Å²) in [6.45, 7) is 10.4. The summed E-state index contributed by atoms with van der Waals surface area (Å²) in [5, 5.41) is 3.48. The largest absolute Gasteiger partial charge is 0.375 e. The Hall–Kier alpha value is -0.420. The van der Waals surface area contributed by atoms with Crippen LogP contribution in [0.3, 0.4) is 0 Å². The predicted octanol–water partition coefficient (Wildman–Crippen LogP) is 3.56. The molecule has 1 aromatic rings. The number of rotatable bonds is 7. The van der Waals surface area contributed by atoms with Crippen molar-refractivity contribution in [3.8, 4) is 0 Å². The molecule has 1 aliphatic heterocycles. The fourth-order valence-electron chi connectivity index (χ4n) is 2.78. The van der Waals surface area contributed by atoms with Crippen LogP contribution >= 0.6 is 11.3 Å². The number of likely N-dealkylation sites (N-methyl/N-ethyl adjacent to an activating group) is 1. The summed E-state index contributed by atoms with van der Waals surface area (Å²) in [6.07, 6.45) is 3.96. The maximum absolute atomic E-state index is 5.99. The van der Waals surface area contributed by atoms with Crippen molar-refractivity contribution in [3.05, 3.63) is 21.4 Å². The average molecular weight is 311 g/mol. The van der Waals surface area contributed by atoms with E-state index in [1.807, 2.05) is 11.3 Å². The van der Waals surface area contributed by atoms with Crippen LogP contribution in [0.5, 0.6) is 0 Å². The molecule has 1 fully saturated rings. The molecule has 3 nitrogen and oxygen atoms in total. The quantitative estimate of drug-likeness (QED) is 0.833. The molecule has 2 heterocycles. The van der Waals surface area contributed by atoms with E-state index in [2.05, 4.69) is 44.1 Å². The van der Waals surface area contributed by atoms with Crippen molar-refractivity contribution in [2.45, 2.75) is 65.3 Å². The summed E-state index contributed by atoms with van der Waals surface area (Å²) < 4.78 is 5.99.